The van der Waals surface area contributed by atoms with Crippen molar-refractivity contribution in [3.8, 4) is 5.75 Å². The van der Waals surface area contributed by atoms with Crippen LogP contribution < -0.4 is 10.2 Å². The van der Waals surface area contributed by atoms with Crippen LogP contribution in [0.25, 0.3) is 0 Å². The molecule has 0 aliphatic heterocycles. The monoisotopic (exact) mass is 258 g/mol. The number of furan rings is 1. The Balaban J connectivity index is 1.99. The SMILES string of the molecule is COc1cccc(C(=O)N/N=C/c2ccc(C)o2)c1. The highest BCUT2D eigenvalue weighted by molar-refractivity contribution is 5.95. The van der Waals surface area contributed by atoms with E-state index in [1.54, 1.807) is 37.4 Å². The summed E-state index contributed by atoms with van der Waals surface area (Å²) in [5.41, 5.74) is 2.90. The van der Waals surface area contributed by atoms with Crippen LogP contribution in [0.1, 0.15) is 21.9 Å². The van der Waals surface area contributed by atoms with Crippen LogP contribution in [0.15, 0.2) is 45.9 Å². The minimum absolute atomic E-state index is 0.307. The van der Waals surface area contributed by atoms with Crippen LogP contribution in [0.3, 0.4) is 0 Å². The number of carbonyl (C=O) groups excluding carboxylic acids is 1. The first-order valence-electron chi connectivity index (χ1n) is 5.73. The van der Waals surface area contributed by atoms with Gasteiger partial charge in [-0.05, 0) is 37.3 Å². The fourth-order valence-electron chi connectivity index (χ4n) is 1.51. The summed E-state index contributed by atoms with van der Waals surface area (Å²) in [5, 5.41) is 3.83. The molecule has 1 amide bonds. The molecule has 98 valence electrons. The van der Waals surface area contributed by atoms with E-state index in [0.29, 0.717) is 17.1 Å². The van der Waals surface area contributed by atoms with E-state index >= 15 is 0 Å². The summed E-state index contributed by atoms with van der Waals surface area (Å²) < 4.78 is 10.3. The molecule has 0 saturated carbocycles. The van der Waals surface area contributed by atoms with Gasteiger partial charge in [0.25, 0.3) is 5.91 Å². The Bertz CT molecular complexity index is 602. The Morgan fingerprint density at radius 2 is 2.21 bits per heavy atom. The number of ether oxygens (including phenoxy) is 1. The zero-order valence-electron chi connectivity index (χ0n) is 10.7. The predicted molar refractivity (Wildman–Crippen MR) is 71.5 cm³/mol. The largest absolute Gasteiger partial charge is 0.497 e. The maximum atomic E-state index is 11.8. The first-order chi connectivity index (χ1) is 9.19. The van der Waals surface area contributed by atoms with Gasteiger partial charge in [-0.2, -0.15) is 5.10 Å². The maximum absolute atomic E-state index is 11.8. The van der Waals surface area contributed by atoms with Crippen molar-refractivity contribution < 1.29 is 13.9 Å². The van der Waals surface area contributed by atoms with E-state index in [1.807, 2.05) is 13.0 Å². The average Bonchev–Trinajstić information content (AvgIpc) is 2.84. The van der Waals surface area contributed by atoms with Crippen molar-refractivity contribution in [2.75, 3.05) is 7.11 Å². The third-order valence-electron chi connectivity index (χ3n) is 2.45. The Hall–Kier alpha value is -2.56. The zero-order chi connectivity index (χ0) is 13.7. The Labute approximate surface area is 110 Å². The Morgan fingerprint density at radius 3 is 2.89 bits per heavy atom. The topological polar surface area (TPSA) is 63.8 Å². The van der Waals surface area contributed by atoms with E-state index in [-0.39, 0.29) is 5.91 Å². The summed E-state index contributed by atoms with van der Waals surface area (Å²) in [5.74, 6) is 1.70. The lowest BCUT2D eigenvalue weighted by molar-refractivity contribution is 0.0955. The van der Waals surface area contributed by atoms with Gasteiger partial charge >= 0.3 is 0 Å². The summed E-state index contributed by atoms with van der Waals surface area (Å²) >= 11 is 0. The Kier molecular flexibility index (Phi) is 3.97. The van der Waals surface area contributed by atoms with Gasteiger partial charge in [-0.25, -0.2) is 5.43 Å². The highest BCUT2D eigenvalue weighted by Crippen LogP contribution is 2.12. The first kappa shape index (κ1) is 12.9. The number of rotatable bonds is 4. The van der Waals surface area contributed by atoms with E-state index < -0.39 is 0 Å². The lowest BCUT2D eigenvalue weighted by atomic mass is 10.2. The second kappa shape index (κ2) is 5.86. The molecule has 2 rings (SSSR count). The lowest BCUT2D eigenvalue weighted by Gasteiger charge is -2.02. The number of benzene rings is 1. The molecule has 0 aliphatic rings. The predicted octanol–water partition coefficient (Wildman–Crippen LogP) is 2.36. The molecule has 0 radical (unpaired) electrons. The van der Waals surface area contributed by atoms with Crippen molar-refractivity contribution in [2.24, 2.45) is 5.10 Å². The van der Waals surface area contributed by atoms with Gasteiger partial charge in [0.1, 0.15) is 17.3 Å². The molecule has 19 heavy (non-hydrogen) atoms. The molecule has 0 atom stereocenters. The van der Waals surface area contributed by atoms with Crippen LogP contribution in [0.4, 0.5) is 0 Å². The van der Waals surface area contributed by atoms with Crippen molar-refractivity contribution >= 4 is 12.1 Å². The number of amides is 1. The quantitative estimate of drug-likeness (QED) is 0.676. The van der Waals surface area contributed by atoms with Gasteiger partial charge in [0, 0.05) is 5.56 Å². The van der Waals surface area contributed by atoms with Crippen molar-refractivity contribution in [2.45, 2.75) is 6.92 Å². The molecule has 0 fully saturated rings. The third-order valence-corrected chi connectivity index (χ3v) is 2.45. The molecule has 0 bridgehead atoms. The van der Waals surface area contributed by atoms with E-state index in [0.717, 1.165) is 5.76 Å². The molecule has 0 spiro atoms. The molecule has 5 nitrogen and oxygen atoms in total. The van der Waals surface area contributed by atoms with Crippen LogP contribution in [-0.4, -0.2) is 19.2 Å². The number of hydrazone groups is 1. The lowest BCUT2D eigenvalue weighted by Crippen LogP contribution is -2.17. The van der Waals surface area contributed by atoms with Crippen LogP contribution in [0.2, 0.25) is 0 Å². The maximum Gasteiger partial charge on any atom is 0.271 e. The van der Waals surface area contributed by atoms with Crippen molar-refractivity contribution in [1.82, 2.24) is 5.43 Å². The molecule has 1 heterocycles. The smallest absolute Gasteiger partial charge is 0.271 e. The molecule has 1 aromatic carbocycles. The average molecular weight is 258 g/mol. The zero-order valence-corrected chi connectivity index (χ0v) is 10.7. The van der Waals surface area contributed by atoms with Crippen LogP contribution in [0.5, 0.6) is 5.75 Å². The van der Waals surface area contributed by atoms with E-state index in [1.165, 1.54) is 6.21 Å². The number of carbonyl (C=O) groups is 1. The normalized spacial score (nSPS) is 10.6. The molecule has 1 N–H and O–H groups in total. The number of methoxy groups -OCH3 is 1. The summed E-state index contributed by atoms with van der Waals surface area (Å²) in [7, 11) is 1.55. The molecule has 2 aromatic rings. The van der Waals surface area contributed by atoms with Crippen LogP contribution >= 0.6 is 0 Å². The second-order valence-corrected chi connectivity index (χ2v) is 3.88. The summed E-state index contributed by atoms with van der Waals surface area (Å²) in [6.45, 7) is 1.84. The number of hydrogen-bond acceptors (Lipinski definition) is 4. The molecule has 0 aliphatic carbocycles. The van der Waals surface area contributed by atoms with Crippen molar-refractivity contribution in [3.63, 3.8) is 0 Å². The standard InChI is InChI=1S/C14H14N2O3/c1-10-6-7-13(19-10)9-15-16-14(17)11-4-3-5-12(8-11)18-2/h3-9H,1-2H3,(H,16,17)/b15-9+. The van der Waals surface area contributed by atoms with Crippen LogP contribution in [0, 0.1) is 6.92 Å². The first-order valence-corrected chi connectivity index (χ1v) is 5.73. The van der Waals surface area contributed by atoms with Gasteiger partial charge in [-0.15, -0.1) is 0 Å². The fraction of sp³-hybridized carbons (Fsp3) is 0.143. The van der Waals surface area contributed by atoms with E-state index in [9.17, 15) is 4.79 Å². The number of nitrogens with zero attached hydrogens (tertiary/aromatic N) is 1. The van der Waals surface area contributed by atoms with Gasteiger partial charge in [-0.1, -0.05) is 6.07 Å². The van der Waals surface area contributed by atoms with Crippen molar-refractivity contribution in [3.05, 3.63) is 53.5 Å². The van der Waals surface area contributed by atoms with Crippen LogP contribution in [-0.2, 0) is 0 Å². The highest BCUT2D eigenvalue weighted by Gasteiger charge is 2.05. The third kappa shape index (κ3) is 3.45. The molecule has 0 saturated heterocycles. The molecular formula is C14H14N2O3. The van der Waals surface area contributed by atoms with Gasteiger partial charge in [0.15, 0.2) is 0 Å². The second-order valence-electron chi connectivity index (χ2n) is 3.88. The molecular weight excluding hydrogens is 244 g/mol. The summed E-state index contributed by atoms with van der Waals surface area (Å²) in [4.78, 5) is 11.8. The fourth-order valence-corrected chi connectivity index (χ4v) is 1.51. The molecule has 1 aromatic heterocycles. The summed E-state index contributed by atoms with van der Waals surface area (Å²) in [6.07, 6.45) is 1.45. The Morgan fingerprint density at radius 1 is 1.37 bits per heavy atom. The number of aryl methyl sites for hydroxylation is 1. The number of nitrogens with one attached hydrogen (secondary N) is 1. The van der Waals surface area contributed by atoms with E-state index in [2.05, 4.69) is 10.5 Å². The van der Waals surface area contributed by atoms with Gasteiger partial charge in [0.05, 0.1) is 13.3 Å². The van der Waals surface area contributed by atoms with Gasteiger partial charge < -0.3 is 9.15 Å². The van der Waals surface area contributed by atoms with Gasteiger partial charge in [0.2, 0.25) is 0 Å². The highest BCUT2D eigenvalue weighted by atomic mass is 16.5. The summed E-state index contributed by atoms with van der Waals surface area (Å²) in [6, 6.07) is 10.4. The van der Waals surface area contributed by atoms with Crippen molar-refractivity contribution in [1.29, 1.82) is 0 Å². The van der Waals surface area contributed by atoms with Gasteiger partial charge in [-0.3, -0.25) is 4.79 Å². The molecule has 0 unspecified atom stereocenters. The van der Waals surface area contributed by atoms with E-state index in [4.69, 9.17) is 9.15 Å². The molecule has 5 heteroatoms. The number of hydrogen-bond donors (Lipinski definition) is 1. The minimum atomic E-state index is -0.307. The minimum Gasteiger partial charge on any atom is -0.497 e.